The normalized spacial score (nSPS) is 16.0. The first-order valence-corrected chi connectivity index (χ1v) is 8.19. The molecule has 1 atom stereocenters. The lowest BCUT2D eigenvalue weighted by molar-refractivity contribution is 0.111. The number of hydrogen-bond acceptors (Lipinski definition) is 3. The first-order valence-electron chi connectivity index (χ1n) is 7.43. The number of rotatable bonds is 9. The van der Waals surface area contributed by atoms with Gasteiger partial charge < -0.3 is 9.47 Å². The van der Waals surface area contributed by atoms with Crippen molar-refractivity contribution in [3.8, 4) is 0 Å². The van der Waals surface area contributed by atoms with Gasteiger partial charge in [0.15, 0.2) is 6.23 Å². The second-order valence-corrected chi connectivity index (χ2v) is 5.24. The molecule has 4 nitrogen and oxygen atoms in total. The molecule has 0 saturated heterocycles. The van der Waals surface area contributed by atoms with E-state index in [0.717, 1.165) is 24.3 Å². The summed E-state index contributed by atoms with van der Waals surface area (Å²) in [5.41, 5.74) is 0.873. The van der Waals surface area contributed by atoms with Gasteiger partial charge in [0.2, 0.25) is 5.29 Å². The SMILES string of the molecule is CC/C=C\C(CC)=N\C(Cl)=NC(C/C(Cl)=C(\CC)OC)OC. The van der Waals surface area contributed by atoms with E-state index in [2.05, 4.69) is 16.9 Å². The van der Waals surface area contributed by atoms with Gasteiger partial charge in [-0.1, -0.05) is 38.4 Å². The van der Waals surface area contributed by atoms with Gasteiger partial charge in [0, 0.05) is 25.7 Å². The van der Waals surface area contributed by atoms with Gasteiger partial charge >= 0.3 is 0 Å². The van der Waals surface area contributed by atoms with Gasteiger partial charge in [-0.2, -0.15) is 0 Å². The maximum atomic E-state index is 6.22. The number of halogens is 2. The van der Waals surface area contributed by atoms with Crippen LogP contribution in [0.2, 0.25) is 0 Å². The molecule has 0 bridgehead atoms. The molecule has 0 radical (unpaired) electrons. The first kappa shape index (κ1) is 21.2. The van der Waals surface area contributed by atoms with E-state index in [1.54, 1.807) is 14.2 Å². The van der Waals surface area contributed by atoms with E-state index in [9.17, 15) is 0 Å². The topological polar surface area (TPSA) is 43.2 Å². The summed E-state index contributed by atoms with van der Waals surface area (Å²) in [5, 5.41) is 0.736. The fourth-order valence-electron chi connectivity index (χ4n) is 1.65. The van der Waals surface area contributed by atoms with E-state index < -0.39 is 6.23 Å². The molecular weight excluding hydrogens is 323 g/mol. The van der Waals surface area contributed by atoms with E-state index >= 15 is 0 Å². The molecule has 0 heterocycles. The Balaban J connectivity index is 5.07. The molecule has 0 aliphatic carbocycles. The quantitative estimate of drug-likeness (QED) is 0.246. The smallest absolute Gasteiger partial charge is 0.220 e. The fraction of sp³-hybridized carbons (Fsp3) is 0.625. The Bertz CT molecular complexity index is 437. The molecule has 0 aliphatic heterocycles. The van der Waals surface area contributed by atoms with Crippen molar-refractivity contribution < 1.29 is 9.47 Å². The second-order valence-electron chi connectivity index (χ2n) is 4.45. The number of amidine groups is 1. The van der Waals surface area contributed by atoms with Crippen LogP contribution in [0.25, 0.3) is 0 Å². The lowest BCUT2D eigenvalue weighted by Crippen LogP contribution is -2.10. The van der Waals surface area contributed by atoms with E-state index in [-0.39, 0.29) is 5.29 Å². The fourth-order valence-corrected chi connectivity index (χ4v) is 2.21. The van der Waals surface area contributed by atoms with E-state index in [1.807, 2.05) is 26.0 Å². The summed E-state index contributed by atoms with van der Waals surface area (Å²) in [6, 6.07) is 0. The van der Waals surface area contributed by atoms with Gasteiger partial charge in [-0.25, -0.2) is 9.98 Å². The van der Waals surface area contributed by atoms with Crippen LogP contribution < -0.4 is 0 Å². The Morgan fingerprint density at radius 1 is 1.14 bits per heavy atom. The van der Waals surface area contributed by atoms with Gasteiger partial charge in [-0.15, -0.1) is 0 Å². The van der Waals surface area contributed by atoms with Crippen LogP contribution in [0.3, 0.4) is 0 Å². The van der Waals surface area contributed by atoms with E-state index in [4.69, 9.17) is 32.7 Å². The third kappa shape index (κ3) is 8.57. The number of hydrogen-bond donors (Lipinski definition) is 0. The zero-order valence-corrected chi connectivity index (χ0v) is 15.5. The maximum Gasteiger partial charge on any atom is 0.220 e. The van der Waals surface area contributed by atoms with Crippen LogP contribution in [0, 0.1) is 0 Å². The Labute approximate surface area is 143 Å². The molecule has 0 rings (SSSR count). The van der Waals surface area contributed by atoms with Crippen molar-refractivity contribution >= 4 is 34.2 Å². The molecule has 0 saturated carbocycles. The van der Waals surface area contributed by atoms with Crippen molar-refractivity contribution in [3.63, 3.8) is 0 Å². The van der Waals surface area contributed by atoms with Crippen molar-refractivity contribution in [3.05, 3.63) is 22.9 Å². The van der Waals surface area contributed by atoms with Gasteiger partial charge in [0.1, 0.15) is 5.76 Å². The predicted molar refractivity (Wildman–Crippen MR) is 96.0 cm³/mol. The number of aliphatic imine (C=N–C) groups is 2. The van der Waals surface area contributed by atoms with Crippen LogP contribution in [-0.4, -0.2) is 31.5 Å². The number of methoxy groups -OCH3 is 2. The minimum Gasteiger partial charge on any atom is -0.500 e. The predicted octanol–water partition coefficient (Wildman–Crippen LogP) is 5.27. The number of nitrogens with zero attached hydrogens (tertiary/aromatic N) is 2. The second kappa shape index (κ2) is 12.7. The molecule has 0 spiro atoms. The first-order chi connectivity index (χ1) is 10.5. The molecule has 0 amide bonds. The Morgan fingerprint density at radius 3 is 2.27 bits per heavy atom. The molecule has 0 aromatic rings. The van der Waals surface area contributed by atoms with Crippen molar-refractivity contribution in [1.29, 1.82) is 0 Å². The lowest BCUT2D eigenvalue weighted by Gasteiger charge is -2.12. The summed E-state index contributed by atoms with van der Waals surface area (Å²) in [4.78, 5) is 8.53. The van der Waals surface area contributed by atoms with E-state index in [1.165, 1.54) is 0 Å². The Hall–Kier alpha value is -0.840. The summed E-state index contributed by atoms with van der Waals surface area (Å²) >= 11 is 12.3. The minimum atomic E-state index is -0.492. The lowest BCUT2D eigenvalue weighted by atomic mass is 10.2. The average Bonchev–Trinajstić information content (AvgIpc) is 2.51. The van der Waals surface area contributed by atoms with Crippen molar-refractivity contribution in [2.45, 2.75) is 52.7 Å². The summed E-state index contributed by atoms with van der Waals surface area (Å²) < 4.78 is 10.5. The van der Waals surface area contributed by atoms with Gasteiger partial charge in [0.25, 0.3) is 0 Å². The van der Waals surface area contributed by atoms with E-state index in [0.29, 0.717) is 17.9 Å². The molecule has 22 heavy (non-hydrogen) atoms. The zero-order chi connectivity index (χ0) is 17.0. The van der Waals surface area contributed by atoms with Crippen LogP contribution in [0.4, 0.5) is 0 Å². The third-order valence-electron chi connectivity index (χ3n) is 2.89. The van der Waals surface area contributed by atoms with Crippen LogP contribution in [0.15, 0.2) is 32.9 Å². The molecule has 0 aromatic heterocycles. The summed E-state index contributed by atoms with van der Waals surface area (Å²) in [6.45, 7) is 6.05. The summed E-state index contributed by atoms with van der Waals surface area (Å²) in [7, 11) is 3.15. The Kier molecular flexibility index (Phi) is 12.2. The van der Waals surface area contributed by atoms with Crippen LogP contribution >= 0.6 is 23.2 Å². The van der Waals surface area contributed by atoms with Gasteiger partial charge in [0.05, 0.1) is 12.1 Å². The molecule has 6 heteroatoms. The molecule has 0 N–H and O–H groups in total. The number of ether oxygens (including phenoxy) is 2. The maximum absolute atomic E-state index is 6.22. The monoisotopic (exact) mass is 348 g/mol. The number of allylic oxidation sites excluding steroid dienone is 3. The van der Waals surface area contributed by atoms with Crippen molar-refractivity contribution in [2.24, 2.45) is 9.98 Å². The summed E-state index contributed by atoms with van der Waals surface area (Å²) in [5.74, 6) is 0.721. The minimum absolute atomic E-state index is 0.157. The molecule has 0 fully saturated rings. The standard InChI is InChI=1S/C16H26Cl2N2O2/c1-6-9-10-12(7-2)19-16(18)20-15(22-5)11-13(17)14(8-3)21-4/h9-10,15H,6-8,11H2,1-5H3/b10-9-,14-13-,19-12+,20-16?. The zero-order valence-electron chi connectivity index (χ0n) is 14.0. The van der Waals surface area contributed by atoms with Gasteiger partial charge in [-0.05, 0) is 30.5 Å². The highest BCUT2D eigenvalue weighted by Crippen LogP contribution is 2.21. The molecular formula is C16H26Cl2N2O2. The molecule has 0 aliphatic rings. The molecule has 0 aromatic carbocycles. The largest absolute Gasteiger partial charge is 0.500 e. The highest BCUT2D eigenvalue weighted by atomic mass is 35.5. The van der Waals surface area contributed by atoms with Crippen LogP contribution in [-0.2, 0) is 9.47 Å². The van der Waals surface area contributed by atoms with Crippen LogP contribution in [0.1, 0.15) is 46.5 Å². The van der Waals surface area contributed by atoms with Gasteiger partial charge in [-0.3, -0.25) is 0 Å². The van der Waals surface area contributed by atoms with Crippen molar-refractivity contribution in [1.82, 2.24) is 0 Å². The highest BCUT2D eigenvalue weighted by molar-refractivity contribution is 6.65. The van der Waals surface area contributed by atoms with Crippen LogP contribution in [0.5, 0.6) is 0 Å². The molecule has 126 valence electrons. The van der Waals surface area contributed by atoms with Crippen molar-refractivity contribution in [2.75, 3.05) is 14.2 Å². The summed E-state index contributed by atoms with van der Waals surface area (Å²) in [6.07, 6.45) is 6.33. The highest BCUT2D eigenvalue weighted by Gasteiger charge is 2.12. The third-order valence-corrected chi connectivity index (χ3v) is 3.44. The average molecular weight is 349 g/mol. The Morgan fingerprint density at radius 2 is 1.82 bits per heavy atom. The molecule has 1 unspecified atom stereocenters.